The number of nitrogens with one attached hydrogen (secondary N) is 1. The van der Waals surface area contributed by atoms with Gasteiger partial charge in [-0.25, -0.2) is 17.8 Å². The van der Waals surface area contributed by atoms with Crippen molar-refractivity contribution >= 4 is 32.4 Å². The molecule has 10 nitrogen and oxygen atoms in total. The molecule has 11 heteroatoms. The summed E-state index contributed by atoms with van der Waals surface area (Å²) in [5, 5.41) is 15.7. The number of non-ortho nitro benzene ring substituents is 1. The van der Waals surface area contributed by atoms with Crippen molar-refractivity contribution in [2.24, 2.45) is 0 Å². The van der Waals surface area contributed by atoms with Crippen LogP contribution in [0.25, 0.3) is 10.8 Å². The van der Waals surface area contributed by atoms with E-state index in [1.165, 1.54) is 19.2 Å². The predicted molar refractivity (Wildman–Crippen MR) is 99.2 cm³/mol. The quantitative estimate of drug-likeness (QED) is 0.498. The van der Waals surface area contributed by atoms with Crippen molar-refractivity contribution in [2.45, 2.75) is 18.4 Å². The molecule has 0 aliphatic carbocycles. The smallest absolute Gasteiger partial charge is 0.272 e. The first-order valence-electron chi connectivity index (χ1n) is 7.94. The number of carbonyl (C=O) groups is 1. The van der Waals surface area contributed by atoms with Crippen LogP contribution < -0.4 is 10.3 Å². The van der Waals surface area contributed by atoms with E-state index in [2.05, 4.69) is 5.10 Å². The molecule has 0 aliphatic heterocycles. The molecular formula is C17H14N4O6S. The lowest BCUT2D eigenvalue weighted by Crippen LogP contribution is -2.37. The summed E-state index contributed by atoms with van der Waals surface area (Å²) in [5.41, 5.74) is -0.741. The van der Waals surface area contributed by atoms with Crippen molar-refractivity contribution in [1.82, 2.24) is 14.5 Å². The Morgan fingerprint density at radius 3 is 2.68 bits per heavy atom. The second-order valence-corrected chi connectivity index (χ2v) is 7.58. The van der Waals surface area contributed by atoms with Gasteiger partial charge in [0.05, 0.1) is 21.4 Å². The molecule has 1 heterocycles. The number of nitro benzene ring substituents is 1. The third-order valence-electron chi connectivity index (χ3n) is 3.98. The lowest BCUT2D eigenvalue weighted by Gasteiger charge is -2.10. The number of benzene rings is 2. The molecule has 28 heavy (non-hydrogen) atoms. The Bertz CT molecular complexity index is 1270. The van der Waals surface area contributed by atoms with Crippen LogP contribution in [0.1, 0.15) is 5.56 Å². The first-order valence-corrected chi connectivity index (χ1v) is 9.43. The highest BCUT2D eigenvalue weighted by Crippen LogP contribution is 2.21. The van der Waals surface area contributed by atoms with Gasteiger partial charge in [-0.2, -0.15) is 5.10 Å². The van der Waals surface area contributed by atoms with Crippen LogP contribution in [-0.2, 0) is 21.4 Å². The van der Waals surface area contributed by atoms with E-state index in [0.29, 0.717) is 10.8 Å². The minimum Gasteiger partial charge on any atom is -0.272 e. The van der Waals surface area contributed by atoms with Gasteiger partial charge in [0.2, 0.25) is 0 Å². The van der Waals surface area contributed by atoms with Crippen LogP contribution in [0.15, 0.2) is 58.4 Å². The number of hydrogen-bond donors (Lipinski definition) is 1. The van der Waals surface area contributed by atoms with Crippen molar-refractivity contribution in [3.63, 3.8) is 0 Å². The number of nitrogens with zero attached hydrogens (tertiary/aromatic N) is 3. The molecule has 0 saturated heterocycles. The molecule has 3 aromatic rings. The number of hydrogen-bond acceptors (Lipinski definition) is 7. The van der Waals surface area contributed by atoms with Gasteiger partial charge in [-0.1, -0.05) is 24.3 Å². The van der Waals surface area contributed by atoms with Gasteiger partial charge in [-0.15, -0.1) is 0 Å². The van der Waals surface area contributed by atoms with Crippen molar-refractivity contribution in [1.29, 1.82) is 0 Å². The summed E-state index contributed by atoms with van der Waals surface area (Å²) in [6.07, 6.45) is 1.39. The maximum Gasteiger partial charge on any atom is 0.275 e. The normalized spacial score (nSPS) is 11.3. The molecule has 3 rings (SSSR count). The number of rotatable bonds is 5. The topological polar surface area (TPSA) is 141 Å². The zero-order chi connectivity index (χ0) is 20.5. The van der Waals surface area contributed by atoms with Crippen LogP contribution in [0.3, 0.4) is 0 Å². The van der Waals surface area contributed by atoms with Crippen LogP contribution in [0.5, 0.6) is 0 Å². The number of fused-ring (bicyclic) bond motifs is 1. The predicted octanol–water partition coefficient (Wildman–Crippen LogP) is 1.12. The maximum atomic E-state index is 12.5. The Morgan fingerprint density at radius 1 is 1.25 bits per heavy atom. The Labute approximate surface area is 158 Å². The van der Waals surface area contributed by atoms with E-state index in [9.17, 15) is 28.1 Å². The summed E-state index contributed by atoms with van der Waals surface area (Å²) in [7, 11) is -4.37. The summed E-state index contributed by atoms with van der Waals surface area (Å²) in [5.74, 6) is -1.00. The van der Waals surface area contributed by atoms with E-state index >= 15 is 0 Å². The van der Waals surface area contributed by atoms with E-state index < -0.39 is 43.5 Å². The van der Waals surface area contributed by atoms with Gasteiger partial charge in [-0.05, 0) is 18.6 Å². The highest BCUT2D eigenvalue weighted by atomic mass is 32.2. The van der Waals surface area contributed by atoms with Gasteiger partial charge >= 0.3 is 0 Å². The number of nitro groups is 1. The van der Waals surface area contributed by atoms with Gasteiger partial charge in [0, 0.05) is 17.5 Å². The first kappa shape index (κ1) is 19.2. The number of amides is 1. The summed E-state index contributed by atoms with van der Waals surface area (Å²) < 4.78 is 27.6. The molecule has 0 spiro atoms. The molecule has 0 aliphatic rings. The molecule has 0 atom stereocenters. The van der Waals surface area contributed by atoms with Crippen molar-refractivity contribution in [2.75, 3.05) is 0 Å². The fourth-order valence-electron chi connectivity index (χ4n) is 2.61. The van der Waals surface area contributed by atoms with E-state index in [0.717, 1.165) is 16.8 Å². The Balaban J connectivity index is 1.87. The van der Waals surface area contributed by atoms with Crippen molar-refractivity contribution in [3.8, 4) is 0 Å². The zero-order valence-corrected chi connectivity index (χ0v) is 15.3. The summed E-state index contributed by atoms with van der Waals surface area (Å²) >= 11 is 0. The molecule has 0 bridgehead atoms. The standard InChI is InChI=1S/C17H14N4O6S/c1-11-6-7-13(21(24)25)8-15(11)28(26,27)19-16(22)10-20-17(23)14-5-3-2-4-12(14)9-18-20/h2-9H,10H2,1H3,(H,19,22). The third kappa shape index (κ3) is 3.74. The molecule has 0 fully saturated rings. The van der Waals surface area contributed by atoms with E-state index in [1.807, 2.05) is 4.72 Å². The molecule has 1 aromatic heterocycles. The van der Waals surface area contributed by atoms with E-state index in [-0.39, 0.29) is 5.56 Å². The molecule has 1 N–H and O–H groups in total. The maximum absolute atomic E-state index is 12.5. The Morgan fingerprint density at radius 2 is 1.96 bits per heavy atom. The number of aryl methyl sites for hydroxylation is 1. The van der Waals surface area contributed by atoms with Crippen LogP contribution >= 0.6 is 0 Å². The minimum atomic E-state index is -4.37. The highest BCUT2D eigenvalue weighted by Gasteiger charge is 2.23. The Hall–Kier alpha value is -3.60. The molecule has 0 unspecified atom stereocenters. The minimum absolute atomic E-state index is 0.229. The van der Waals surface area contributed by atoms with Gasteiger partial charge in [-0.3, -0.25) is 19.7 Å². The monoisotopic (exact) mass is 402 g/mol. The van der Waals surface area contributed by atoms with Gasteiger partial charge in [0.25, 0.3) is 27.2 Å². The zero-order valence-electron chi connectivity index (χ0n) is 14.5. The fraction of sp³-hybridized carbons (Fsp3) is 0.118. The summed E-state index contributed by atoms with van der Waals surface area (Å²) in [4.78, 5) is 34.3. The average molecular weight is 402 g/mol. The van der Waals surface area contributed by atoms with Gasteiger partial charge in [0.15, 0.2) is 0 Å². The largest absolute Gasteiger partial charge is 0.275 e. The second-order valence-electron chi connectivity index (χ2n) is 5.93. The fourth-order valence-corrected chi connectivity index (χ4v) is 3.85. The van der Waals surface area contributed by atoms with Gasteiger partial charge in [0.1, 0.15) is 6.54 Å². The SMILES string of the molecule is Cc1ccc([N+](=O)[O-])cc1S(=O)(=O)NC(=O)Cn1ncc2ccccc2c1=O. The molecule has 0 saturated carbocycles. The number of sulfonamides is 1. The van der Waals surface area contributed by atoms with Crippen LogP contribution in [0.2, 0.25) is 0 Å². The molecular weight excluding hydrogens is 388 g/mol. The summed E-state index contributed by atoms with van der Waals surface area (Å²) in [6, 6.07) is 9.94. The van der Waals surface area contributed by atoms with Crippen LogP contribution in [-0.4, -0.2) is 29.0 Å². The number of aromatic nitrogens is 2. The third-order valence-corrected chi connectivity index (χ3v) is 5.49. The first-order chi connectivity index (χ1) is 13.2. The van der Waals surface area contributed by atoms with Crippen molar-refractivity contribution in [3.05, 3.63) is 74.7 Å². The molecule has 144 valence electrons. The highest BCUT2D eigenvalue weighted by molar-refractivity contribution is 7.90. The lowest BCUT2D eigenvalue weighted by atomic mass is 10.2. The van der Waals surface area contributed by atoms with Crippen LogP contribution in [0, 0.1) is 17.0 Å². The number of carbonyl (C=O) groups excluding carboxylic acids is 1. The van der Waals surface area contributed by atoms with Gasteiger partial charge < -0.3 is 0 Å². The average Bonchev–Trinajstić information content (AvgIpc) is 2.64. The van der Waals surface area contributed by atoms with Crippen LogP contribution in [0.4, 0.5) is 5.69 Å². The molecule has 2 aromatic carbocycles. The molecule has 1 amide bonds. The second kappa shape index (κ2) is 7.19. The van der Waals surface area contributed by atoms with E-state index in [1.54, 1.807) is 24.3 Å². The Kier molecular flexibility index (Phi) is 4.92. The lowest BCUT2D eigenvalue weighted by molar-refractivity contribution is -0.385. The summed E-state index contributed by atoms with van der Waals surface area (Å²) in [6.45, 7) is 0.815. The van der Waals surface area contributed by atoms with E-state index in [4.69, 9.17) is 0 Å². The molecule has 0 radical (unpaired) electrons. The van der Waals surface area contributed by atoms with Crippen molar-refractivity contribution < 1.29 is 18.1 Å².